The second kappa shape index (κ2) is 7.49. The zero-order valence-corrected chi connectivity index (χ0v) is 16.6. The summed E-state index contributed by atoms with van der Waals surface area (Å²) in [5.41, 5.74) is 3.92. The summed E-state index contributed by atoms with van der Waals surface area (Å²) in [6.45, 7) is 0.756. The largest absolute Gasteiger partial charge is 0.493 e. The first kappa shape index (κ1) is 19.2. The van der Waals surface area contributed by atoms with E-state index >= 15 is 0 Å². The van der Waals surface area contributed by atoms with Crippen molar-refractivity contribution in [2.45, 2.75) is 43.5 Å². The predicted molar refractivity (Wildman–Crippen MR) is 113 cm³/mol. The first-order chi connectivity index (χ1) is 14.5. The molecule has 3 aromatic rings. The molecule has 154 valence electrons. The Kier molecular flexibility index (Phi) is 4.80. The summed E-state index contributed by atoms with van der Waals surface area (Å²) in [6.07, 6.45) is 5.44. The van der Waals surface area contributed by atoms with Gasteiger partial charge in [-0.05, 0) is 48.9 Å². The fourth-order valence-electron chi connectivity index (χ4n) is 4.49. The van der Waals surface area contributed by atoms with Crippen LogP contribution in [0.25, 0.3) is 11.0 Å². The van der Waals surface area contributed by atoms with Gasteiger partial charge in [0.05, 0.1) is 25.2 Å². The van der Waals surface area contributed by atoms with Gasteiger partial charge in [0, 0.05) is 16.4 Å². The van der Waals surface area contributed by atoms with E-state index in [1.54, 1.807) is 6.26 Å². The average Bonchev–Trinajstić information content (AvgIpc) is 3.39. The highest BCUT2D eigenvalue weighted by Gasteiger charge is 2.47. The van der Waals surface area contributed by atoms with Gasteiger partial charge in [-0.1, -0.05) is 30.3 Å². The Morgan fingerprint density at radius 3 is 2.80 bits per heavy atom. The molecule has 0 saturated heterocycles. The number of benzene rings is 2. The molecule has 1 spiro atoms. The van der Waals surface area contributed by atoms with Gasteiger partial charge in [-0.2, -0.15) is 0 Å². The van der Waals surface area contributed by atoms with Gasteiger partial charge in [0.25, 0.3) is 0 Å². The molecular weight excluding hydrogens is 381 g/mol. The van der Waals surface area contributed by atoms with Crippen molar-refractivity contribution in [1.82, 2.24) is 5.32 Å². The van der Waals surface area contributed by atoms with Gasteiger partial charge in [0.1, 0.15) is 11.3 Å². The van der Waals surface area contributed by atoms with Gasteiger partial charge in [-0.3, -0.25) is 4.79 Å². The maximum Gasteiger partial charge on any atom is 0.475 e. The smallest absolute Gasteiger partial charge is 0.475 e. The van der Waals surface area contributed by atoms with Gasteiger partial charge < -0.3 is 24.5 Å². The topological polar surface area (TPSA) is 91.9 Å². The number of ether oxygens (including phenoxy) is 1. The Labute approximate surface area is 175 Å². The minimum absolute atomic E-state index is 0.179. The van der Waals surface area contributed by atoms with Gasteiger partial charge >= 0.3 is 7.12 Å². The molecule has 3 N–H and O–H groups in total. The van der Waals surface area contributed by atoms with Crippen molar-refractivity contribution in [2.75, 3.05) is 6.61 Å². The zero-order valence-electron chi connectivity index (χ0n) is 16.6. The SMILES string of the molecule is O=C(Cc1ccc2c(c1)C1(CCO2)CC1)N[C@@H](Cc1coc2ccccc12)B(O)O. The summed E-state index contributed by atoms with van der Waals surface area (Å²) in [6, 6.07) is 13.5. The number of hydrogen-bond donors (Lipinski definition) is 3. The molecule has 1 aliphatic heterocycles. The molecule has 1 aliphatic carbocycles. The van der Waals surface area contributed by atoms with E-state index in [9.17, 15) is 14.8 Å². The third-order valence-electron chi connectivity index (χ3n) is 6.38. The fraction of sp³-hybridized carbons (Fsp3) is 0.348. The first-order valence-corrected chi connectivity index (χ1v) is 10.4. The molecule has 30 heavy (non-hydrogen) atoms. The Balaban J connectivity index is 1.29. The lowest BCUT2D eigenvalue weighted by Crippen LogP contribution is -2.48. The molecule has 1 saturated carbocycles. The maximum atomic E-state index is 12.7. The number of hydrogen-bond acceptors (Lipinski definition) is 5. The lowest BCUT2D eigenvalue weighted by molar-refractivity contribution is -0.120. The predicted octanol–water partition coefficient (Wildman–Crippen LogP) is 2.53. The van der Waals surface area contributed by atoms with Crippen LogP contribution >= 0.6 is 0 Å². The average molecular weight is 405 g/mol. The van der Waals surface area contributed by atoms with Crippen LogP contribution in [-0.4, -0.2) is 35.6 Å². The standard InChI is InChI=1S/C23H24BNO5/c26-22(12-15-5-6-20-18(11-15)23(7-8-23)9-10-29-20)25-21(24(27)28)13-16-14-30-19-4-2-1-3-17(16)19/h1-6,11,14,21,27-28H,7-10,12-13H2,(H,25,26)/t21-/m0/s1. The minimum Gasteiger partial charge on any atom is -0.493 e. The quantitative estimate of drug-likeness (QED) is 0.549. The van der Waals surface area contributed by atoms with Crippen LogP contribution in [0.2, 0.25) is 0 Å². The highest BCUT2D eigenvalue weighted by Crippen LogP contribution is 2.56. The molecule has 1 aromatic heterocycles. The van der Waals surface area contributed by atoms with Gasteiger partial charge in [0.2, 0.25) is 5.91 Å². The van der Waals surface area contributed by atoms with Gasteiger partial charge in [0.15, 0.2) is 0 Å². The summed E-state index contributed by atoms with van der Waals surface area (Å²) >= 11 is 0. The molecule has 7 heteroatoms. The molecule has 2 heterocycles. The van der Waals surface area contributed by atoms with Crippen molar-refractivity contribution < 1.29 is 24.0 Å². The Morgan fingerprint density at radius 1 is 1.17 bits per heavy atom. The molecule has 6 nitrogen and oxygen atoms in total. The number of carbonyl (C=O) groups is 1. The molecule has 5 rings (SSSR count). The molecule has 0 radical (unpaired) electrons. The number of furan rings is 1. The van der Waals surface area contributed by atoms with Crippen LogP contribution in [0.1, 0.15) is 36.0 Å². The molecule has 1 amide bonds. The summed E-state index contributed by atoms with van der Waals surface area (Å²) in [7, 11) is -1.67. The maximum absolute atomic E-state index is 12.7. The van der Waals surface area contributed by atoms with Crippen molar-refractivity contribution in [3.63, 3.8) is 0 Å². The molecule has 0 unspecified atom stereocenters. The van der Waals surface area contributed by atoms with E-state index in [1.165, 1.54) is 18.4 Å². The Bertz CT molecular complexity index is 1090. The van der Waals surface area contributed by atoms with Crippen LogP contribution in [0.5, 0.6) is 5.75 Å². The van der Waals surface area contributed by atoms with E-state index in [0.717, 1.165) is 40.9 Å². The number of fused-ring (bicyclic) bond motifs is 3. The number of amides is 1. The van der Waals surface area contributed by atoms with Crippen molar-refractivity contribution >= 4 is 24.0 Å². The van der Waals surface area contributed by atoms with Gasteiger partial charge in [-0.25, -0.2) is 0 Å². The molecule has 2 aromatic carbocycles. The van der Waals surface area contributed by atoms with Crippen molar-refractivity contribution in [2.24, 2.45) is 0 Å². The van der Waals surface area contributed by atoms with Crippen LogP contribution in [0.4, 0.5) is 0 Å². The Hall–Kier alpha value is -2.77. The summed E-state index contributed by atoms with van der Waals surface area (Å²) in [5, 5.41) is 23.3. The van der Waals surface area contributed by atoms with Crippen molar-refractivity contribution in [1.29, 1.82) is 0 Å². The molecule has 2 aliphatic rings. The Morgan fingerprint density at radius 2 is 2.00 bits per heavy atom. The van der Waals surface area contributed by atoms with Crippen molar-refractivity contribution in [3.8, 4) is 5.75 Å². The molecule has 0 bridgehead atoms. The second-order valence-corrected chi connectivity index (χ2v) is 8.43. The van der Waals surface area contributed by atoms with Crippen LogP contribution in [-0.2, 0) is 23.1 Å². The summed E-state index contributed by atoms with van der Waals surface area (Å²) in [4.78, 5) is 12.7. The van der Waals surface area contributed by atoms with Crippen LogP contribution in [0, 0.1) is 0 Å². The van der Waals surface area contributed by atoms with Crippen LogP contribution in [0.15, 0.2) is 53.1 Å². The van der Waals surface area contributed by atoms with E-state index in [4.69, 9.17) is 9.15 Å². The van der Waals surface area contributed by atoms with E-state index in [2.05, 4.69) is 11.4 Å². The van der Waals surface area contributed by atoms with Crippen molar-refractivity contribution in [3.05, 3.63) is 65.4 Å². The number of nitrogens with one attached hydrogen (secondary N) is 1. The van der Waals surface area contributed by atoms with E-state index < -0.39 is 13.1 Å². The molecular formula is C23H24BNO5. The van der Waals surface area contributed by atoms with E-state index in [-0.39, 0.29) is 24.2 Å². The summed E-state index contributed by atoms with van der Waals surface area (Å²) in [5.74, 6) is -0.143. The fourth-order valence-corrected chi connectivity index (χ4v) is 4.49. The number of carbonyl (C=O) groups excluding carboxylic acids is 1. The molecule has 1 fully saturated rings. The third-order valence-corrected chi connectivity index (χ3v) is 6.38. The molecule has 1 atom stereocenters. The monoisotopic (exact) mass is 405 g/mol. The van der Waals surface area contributed by atoms with Gasteiger partial charge in [-0.15, -0.1) is 0 Å². The lowest BCUT2D eigenvalue weighted by atomic mass is 9.75. The zero-order chi connectivity index (χ0) is 20.7. The first-order valence-electron chi connectivity index (χ1n) is 10.4. The number of para-hydroxylation sites is 1. The summed E-state index contributed by atoms with van der Waals surface area (Å²) < 4.78 is 11.3. The van der Waals surface area contributed by atoms with E-state index in [1.807, 2.05) is 36.4 Å². The normalized spacial score (nSPS) is 17.3. The number of rotatable bonds is 6. The highest BCUT2D eigenvalue weighted by atomic mass is 16.5. The van der Waals surface area contributed by atoms with E-state index in [0.29, 0.717) is 0 Å². The lowest BCUT2D eigenvalue weighted by Gasteiger charge is -2.26. The second-order valence-electron chi connectivity index (χ2n) is 8.43. The minimum atomic E-state index is -1.67. The highest BCUT2D eigenvalue weighted by molar-refractivity contribution is 6.43. The van der Waals surface area contributed by atoms with Crippen LogP contribution in [0.3, 0.4) is 0 Å². The third kappa shape index (κ3) is 3.59. The van der Waals surface area contributed by atoms with Crippen LogP contribution < -0.4 is 10.1 Å².